The number of furan rings is 2. The van der Waals surface area contributed by atoms with Crippen molar-refractivity contribution in [2.75, 3.05) is 0 Å². The van der Waals surface area contributed by atoms with E-state index in [1.54, 1.807) is 0 Å². The first kappa shape index (κ1) is 34.5. The smallest absolute Gasteiger partial charge is 0.164 e. The molecule has 0 aliphatic carbocycles. The Morgan fingerprint density at radius 2 is 0.806 bits per heavy atom. The molecule has 5 nitrogen and oxygen atoms in total. The highest BCUT2D eigenvalue weighted by Gasteiger charge is 2.19. The Balaban J connectivity index is 1.05. The Bertz CT molecular complexity index is 3940. The fourth-order valence-corrected chi connectivity index (χ4v) is 9.30. The summed E-state index contributed by atoms with van der Waals surface area (Å²) in [5.74, 6) is 1.78. The highest BCUT2D eigenvalue weighted by Crippen LogP contribution is 2.42. The molecule has 0 aliphatic heterocycles. The van der Waals surface area contributed by atoms with Crippen LogP contribution >= 0.6 is 0 Å². The van der Waals surface area contributed by atoms with Gasteiger partial charge in [-0.05, 0) is 109 Å². The van der Waals surface area contributed by atoms with Crippen molar-refractivity contribution in [2.45, 2.75) is 0 Å². The molecule has 0 amide bonds. The highest BCUT2D eigenvalue weighted by molar-refractivity contribution is 6.19. The molecule has 0 radical (unpaired) electrons. The largest absolute Gasteiger partial charge is 0.456 e. The Morgan fingerprint density at radius 3 is 1.58 bits per heavy atom. The number of nitrogens with zero attached hydrogens (tertiary/aromatic N) is 3. The van der Waals surface area contributed by atoms with Crippen LogP contribution in [0, 0.1) is 0 Å². The van der Waals surface area contributed by atoms with Crippen LogP contribution in [0.3, 0.4) is 0 Å². The first-order valence-electron chi connectivity index (χ1n) is 20.8. The number of hydrogen-bond donors (Lipinski definition) is 0. The van der Waals surface area contributed by atoms with Crippen molar-refractivity contribution in [1.29, 1.82) is 0 Å². The fourth-order valence-electron chi connectivity index (χ4n) is 9.30. The first-order valence-corrected chi connectivity index (χ1v) is 20.8. The summed E-state index contributed by atoms with van der Waals surface area (Å²) < 4.78 is 12.7. The molecule has 0 bridgehead atoms. The van der Waals surface area contributed by atoms with Gasteiger partial charge in [-0.2, -0.15) is 0 Å². The lowest BCUT2D eigenvalue weighted by Gasteiger charge is -2.14. The average molecular weight is 792 g/mol. The Kier molecular flexibility index (Phi) is 7.54. The van der Waals surface area contributed by atoms with Crippen molar-refractivity contribution in [1.82, 2.24) is 15.0 Å². The third-order valence-electron chi connectivity index (χ3n) is 12.3. The molecule has 0 saturated carbocycles. The number of benzene rings is 10. The summed E-state index contributed by atoms with van der Waals surface area (Å²) in [6.07, 6.45) is 0. The minimum atomic E-state index is 0.589. The number of rotatable bonds is 5. The minimum absolute atomic E-state index is 0.589. The molecule has 3 heterocycles. The molecule has 0 spiro atoms. The zero-order valence-corrected chi connectivity index (χ0v) is 33.2. The lowest BCUT2D eigenvalue weighted by molar-refractivity contribution is 0.668. The first-order chi connectivity index (χ1) is 30.7. The summed E-state index contributed by atoms with van der Waals surface area (Å²) in [6.45, 7) is 0. The van der Waals surface area contributed by atoms with E-state index in [4.69, 9.17) is 23.8 Å². The second kappa shape index (κ2) is 13.6. The molecule has 0 unspecified atom stereocenters. The van der Waals surface area contributed by atoms with E-state index < -0.39 is 0 Å². The summed E-state index contributed by atoms with van der Waals surface area (Å²) in [4.78, 5) is 15.9. The van der Waals surface area contributed by atoms with Crippen molar-refractivity contribution in [3.8, 4) is 56.4 Å². The molecule has 0 atom stereocenters. The normalized spacial score (nSPS) is 11.9. The zero-order valence-electron chi connectivity index (χ0n) is 33.2. The average Bonchev–Trinajstić information content (AvgIpc) is 3.92. The lowest BCUT2D eigenvalue weighted by Crippen LogP contribution is -2.01. The van der Waals surface area contributed by atoms with Crippen molar-refractivity contribution in [3.05, 3.63) is 200 Å². The van der Waals surface area contributed by atoms with Gasteiger partial charge in [-0.15, -0.1) is 0 Å². The van der Waals surface area contributed by atoms with Crippen LogP contribution < -0.4 is 0 Å². The molecule has 0 aliphatic rings. The quantitative estimate of drug-likeness (QED) is 0.174. The molecule has 0 saturated heterocycles. The molecule has 10 aromatic carbocycles. The fraction of sp³-hybridized carbons (Fsp3) is 0. The van der Waals surface area contributed by atoms with Crippen LogP contribution in [-0.2, 0) is 0 Å². The molecule has 3 aromatic heterocycles. The van der Waals surface area contributed by atoms with Crippen LogP contribution in [0.15, 0.2) is 209 Å². The van der Waals surface area contributed by atoms with E-state index in [1.165, 1.54) is 5.56 Å². The topological polar surface area (TPSA) is 65.0 Å². The van der Waals surface area contributed by atoms with Crippen LogP contribution in [-0.4, -0.2) is 15.0 Å². The van der Waals surface area contributed by atoms with E-state index in [-0.39, 0.29) is 0 Å². The predicted molar refractivity (Wildman–Crippen MR) is 254 cm³/mol. The maximum Gasteiger partial charge on any atom is 0.164 e. The second-order valence-electron chi connectivity index (χ2n) is 15.9. The van der Waals surface area contributed by atoms with E-state index in [0.717, 1.165) is 110 Å². The van der Waals surface area contributed by atoms with E-state index in [1.807, 2.05) is 36.4 Å². The number of fused-ring (bicyclic) bond motifs is 10. The molecule has 288 valence electrons. The van der Waals surface area contributed by atoms with Gasteiger partial charge in [0.1, 0.15) is 22.3 Å². The number of para-hydroxylation sites is 2. The Hall–Kier alpha value is -8.41. The minimum Gasteiger partial charge on any atom is -0.456 e. The van der Waals surface area contributed by atoms with Crippen molar-refractivity contribution in [2.24, 2.45) is 0 Å². The second-order valence-corrected chi connectivity index (χ2v) is 15.9. The molecular formula is C57H33N3O2. The maximum atomic E-state index is 6.37. The molecule has 0 fully saturated rings. The van der Waals surface area contributed by atoms with Gasteiger partial charge in [-0.25, -0.2) is 15.0 Å². The van der Waals surface area contributed by atoms with Gasteiger partial charge in [0, 0.05) is 38.2 Å². The van der Waals surface area contributed by atoms with E-state index in [2.05, 4.69) is 164 Å². The number of aromatic nitrogens is 3. The van der Waals surface area contributed by atoms with Gasteiger partial charge in [0.25, 0.3) is 0 Å². The van der Waals surface area contributed by atoms with Crippen LogP contribution in [0.25, 0.3) is 133 Å². The van der Waals surface area contributed by atoms with E-state index in [0.29, 0.717) is 17.5 Å². The van der Waals surface area contributed by atoms with Crippen LogP contribution in [0.4, 0.5) is 0 Å². The number of hydrogen-bond acceptors (Lipinski definition) is 5. The third kappa shape index (κ3) is 5.52. The molecule has 62 heavy (non-hydrogen) atoms. The Morgan fingerprint density at radius 1 is 0.258 bits per heavy atom. The molecular weight excluding hydrogens is 759 g/mol. The molecule has 13 aromatic rings. The van der Waals surface area contributed by atoms with Crippen LogP contribution in [0.1, 0.15) is 0 Å². The van der Waals surface area contributed by atoms with Gasteiger partial charge in [-0.3, -0.25) is 0 Å². The summed E-state index contributed by atoms with van der Waals surface area (Å²) in [5, 5.41) is 11.0. The van der Waals surface area contributed by atoms with Crippen LogP contribution in [0.5, 0.6) is 0 Å². The zero-order chi connectivity index (χ0) is 40.7. The van der Waals surface area contributed by atoms with Gasteiger partial charge in [0.05, 0.1) is 0 Å². The summed E-state index contributed by atoms with van der Waals surface area (Å²) in [5.41, 5.74) is 10.6. The predicted octanol–water partition coefficient (Wildman–Crippen LogP) is 15.5. The molecule has 0 N–H and O–H groups in total. The lowest BCUT2D eigenvalue weighted by atomic mass is 9.92. The van der Waals surface area contributed by atoms with Crippen molar-refractivity contribution < 1.29 is 8.83 Å². The van der Waals surface area contributed by atoms with E-state index in [9.17, 15) is 0 Å². The van der Waals surface area contributed by atoms with Gasteiger partial charge in [0.15, 0.2) is 17.5 Å². The summed E-state index contributed by atoms with van der Waals surface area (Å²) in [7, 11) is 0. The van der Waals surface area contributed by atoms with Gasteiger partial charge < -0.3 is 8.83 Å². The molecule has 5 heteroatoms. The van der Waals surface area contributed by atoms with Crippen molar-refractivity contribution in [3.63, 3.8) is 0 Å². The highest BCUT2D eigenvalue weighted by atomic mass is 16.3. The maximum absolute atomic E-state index is 6.37. The van der Waals surface area contributed by atoms with E-state index >= 15 is 0 Å². The van der Waals surface area contributed by atoms with Gasteiger partial charge >= 0.3 is 0 Å². The molecule has 13 rings (SSSR count). The van der Waals surface area contributed by atoms with Crippen molar-refractivity contribution >= 4 is 76.2 Å². The van der Waals surface area contributed by atoms with Gasteiger partial charge in [0.2, 0.25) is 0 Å². The standard InChI is InChI=1S/C57H33N3O2/c1-2-11-34(12-3-1)37-24-21-35-22-25-39(31-41(35)29-37)55-58-56(40-26-23-36-27-28-52-54(47(36)32-40)46-16-7-9-19-50(46)62-52)60-57(59-55)42-30-38-13-4-5-14-43(38)48(33-42)44-17-10-20-51-53(44)45-15-6-8-18-49(45)61-51/h1-33H. The summed E-state index contributed by atoms with van der Waals surface area (Å²) in [6, 6.07) is 70.0. The Labute approximate surface area is 355 Å². The SMILES string of the molecule is c1ccc(-c2ccc3ccc(-c4nc(-c5cc(-c6cccc7oc8ccccc8c67)c6ccccc6c5)nc(-c5ccc6ccc7oc8ccccc8c7c6c5)n4)cc3c2)cc1. The van der Waals surface area contributed by atoms with Crippen LogP contribution in [0.2, 0.25) is 0 Å². The monoisotopic (exact) mass is 791 g/mol. The van der Waals surface area contributed by atoms with Gasteiger partial charge in [-0.1, -0.05) is 146 Å². The third-order valence-corrected chi connectivity index (χ3v) is 12.3. The summed E-state index contributed by atoms with van der Waals surface area (Å²) >= 11 is 0.